The van der Waals surface area contributed by atoms with E-state index in [0.717, 1.165) is 5.69 Å². The Bertz CT molecular complexity index is 503. The lowest BCUT2D eigenvalue weighted by atomic mass is 10.3. The van der Waals surface area contributed by atoms with E-state index < -0.39 is 0 Å². The summed E-state index contributed by atoms with van der Waals surface area (Å²) in [5, 5.41) is 19.5. The minimum Gasteiger partial charge on any atom is -0.364 e. The fourth-order valence-corrected chi connectivity index (χ4v) is 1.21. The zero-order chi connectivity index (χ0) is 11.2. The van der Waals surface area contributed by atoms with E-state index in [1.807, 2.05) is 12.1 Å². The van der Waals surface area contributed by atoms with Gasteiger partial charge >= 0.3 is 0 Å². The van der Waals surface area contributed by atoms with Gasteiger partial charge in [0.1, 0.15) is 5.82 Å². The number of nitrogens with one attached hydrogen (secondary N) is 1. The number of nitriles is 1. The van der Waals surface area contributed by atoms with Crippen molar-refractivity contribution < 1.29 is 0 Å². The molecule has 5 nitrogen and oxygen atoms in total. The van der Waals surface area contributed by atoms with Gasteiger partial charge in [0, 0.05) is 12.4 Å². The number of anilines is 1. The first kappa shape index (κ1) is 10.1. The molecule has 0 atom stereocenters. The maximum Gasteiger partial charge on any atom is 0.127 e. The summed E-state index contributed by atoms with van der Waals surface area (Å²) < 4.78 is 0. The molecule has 2 aromatic rings. The van der Waals surface area contributed by atoms with Crippen molar-refractivity contribution in [1.29, 1.82) is 5.26 Å². The quantitative estimate of drug-likeness (QED) is 0.829. The maximum atomic E-state index is 8.72. The largest absolute Gasteiger partial charge is 0.364 e. The normalized spacial score (nSPS) is 9.44. The number of aromatic nitrogens is 3. The second kappa shape index (κ2) is 4.84. The van der Waals surface area contributed by atoms with Gasteiger partial charge in [0.2, 0.25) is 0 Å². The Hall–Kier alpha value is -2.48. The van der Waals surface area contributed by atoms with Gasteiger partial charge in [-0.2, -0.15) is 15.5 Å². The highest BCUT2D eigenvalue weighted by molar-refractivity contribution is 5.42. The van der Waals surface area contributed by atoms with Crippen molar-refractivity contribution in [2.45, 2.75) is 6.54 Å². The summed E-state index contributed by atoms with van der Waals surface area (Å²) in [5.74, 6) is 0.657. The smallest absolute Gasteiger partial charge is 0.127 e. The van der Waals surface area contributed by atoms with Gasteiger partial charge in [-0.1, -0.05) is 0 Å². The molecule has 2 heterocycles. The predicted octanol–water partition coefficient (Wildman–Crippen LogP) is 1.36. The van der Waals surface area contributed by atoms with Crippen LogP contribution in [0.4, 0.5) is 5.82 Å². The summed E-state index contributed by atoms with van der Waals surface area (Å²) in [6.07, 6.45) is 3.22. The molecule has 0 bridgehead atoms. The van der Waals surface area contributed by atoms with Crippen molar-refractivity contribution in [3.63, 3.8) is 0 Å². The van der Waals surface area contributed by atoms with Gasteiger partial charge in [0.25, 0.3) is 0 Å². The van der Waals surface area contributed by atoms with E-state index in [4.69, 9.17) is 5.26 Å². The van der Waals surface area contributed by atoms with E-state index in [9.17, 15) is 0 Å². The van der Waals surface area contributed by atoms with Gasteiger partial charge in [0.15, 0.2) is 0 Å². The molecule has 2 aromatic heterocycles. The molecular formula is C11H9N5. The summed E-state index contributed by atoms with van der Waals surface area (Å²) in [6.45, 7) is 0.537. The van der Waals surface area contributed by atoms with Gasteiger partial charge in [-0.3, -0.25) is 0 Å². The van der Waals surface area contributed by atoms with E-state index >= 15 is 0 Å². The zero-order valence-electron chi connectivity index (χ0n) is 8.46. The molecule has 2 rings (SSSR count). The number of pyridine rings is 1. The Kier molecular flexibility index (Phi) is 3.04. The third-order valence-corrected chi connectivity index (χ3v) is 1.97. The molecule has 0 aromatic carbocycles. The monoisotopic (exact) mass is 211 g/mol. The second-order valence-electron chi connectivity index (χ2n) is 3.11. The van der Waals surface area contributed by atoms with Crippen molar-refractivity contribution in [1.82, 2.24) is 15.2 Å². The van der Waals surface area contributed by atoms with Crippen molar-refractivity contribution in [2.75, 3.05) is 5.32 Å². The molecule has 0 radical (unpaired) electrons. The van der Waals surface area contributed by atoms with E-state index in [1.54, 1.807) is 24.5 Å². The zero-order valence-corrected chi connectivity index (χ0v) is 8.46. The van der Waals surface area contributed by atoms with Crippen LogP contribution in [0.1, 0.15) is 11.3 Å². The molecular weight excluding hydrogens is 202 g/mol. The topological polar surface area (TPSA) is 74.5 Å². The number of hydrogen-bond acceptors (Lipinski definition) is 5. The molecule has 0 saturated heterocycles. The Labute approximate surface area is 92.8 Å². The van der Waals surface area contributed by atoms with Gasteiger partial charge < -0.3 is 5.32 Å². The van der Waals surface area contributed by atoms with Crippen LogP contribution in [0.5, 0.6) is 0 Å². The summed E-state index contributed by atoms with van der Waals surface area (Å²) in [4.78, 5) is 4.09. The minimum absolute atomic E-state index is 0.537. The molecule has 0 aliphatic rings. The van der Waals surface area contributed by atoms with Crippen LogP contribution in [-0.4, -0.2) is 15.2 Å². The third kappa shape index (κ3) is 2.51. The Morgan fingerprint density at radius 3 is 3.00 bits per heavy atom. The van der Waals surface area contributed by atoms with Crippen LogP contribution >= 0.6 is 0 Å². The molecule has 0 fully saturated rings. The van der Waals surface area contributed by atoms with E-state index in [0.29, 0.717) is 17.9 Å². The molecule has 0 aliphatic heterocycles. The van der Waals surface area contributed by atoms with Crippen molar-refractivity contribution in [3.05, 3.63) is 47.9 Å². The average Bonchev–Trinajstić information content (AvgIpc) is 2.38. The first-order valence-electron chi connectivity index (χ1n) is 4.75. The van der Waals surface area contributed by atoms with E-state index in [1.165, 1.54) is 0 Å². The highest BCUT2D eigenvalue weighted by Gasteiger charge is 1.97. The first-order chi connectivity index (χ1) is 7.88. The highest BCUT2D eigenvalue weighted by Crippen LogP contribution is 2.06. The standard InChI is InChI=1S/C11H9N5/c12-7-9-3-5-13-11(6-9)14-8-10-2-1-4-15-16-10/h1-6H,8H2,(H,13,14). The van der Waals surface area contributed by atoms with Gasteiger partial charge in [-0.15, -0.1) is 0 Å². The van der Waals surface area contributed by atoms with Crippen LogP contribution in [-0.2, 0) is 6.54 Å². The Morgan fingerprint density at radius 2 is 2.25 bits per heavy atom. The SMILES string of the molecule is N#Cc1ccnc(NCc2cccnn2)c1. The highest BCUT2D eigenvalue weighted by atomic mass is 15.1. The molecule has 0 aliphatic carbocycles. The lowest BCUT2D eigenvalue weighted by Crippen LogP contribution is -2.03. The average molecular weight is 211 g/mol. The van der Waals surface area contributed by atoms with Crippen LogP contribution in [0.3, 0.4) is 0 Å². The first-order valence-corrected chi connectivity index (χ1v) is 4.75. The fourth-order valence-electron chi connectivity index (χ4n) is 1.21. The molecule has 0 spiro atoms. The van der Waals surface area contributed by atoms with Crippen molar-refractivity contribution in [2.24, 2.45) is 0 Å². The molecule has 78 valence electrons. The van der Waals surface area contributed by atoms with Crippen LogP contribution in [0, 0.1) is 11.3 Å². The van der Waals surface area contributed by atoms with Gasteiger partial charge in [0.05, 0.1) is 23.9 Å². The van der Waals surface area contributed by atoms with Crippen molar-refractivity contribution >= 4 is 5.82 Å². The number of nitrogens with zero attached hydrogens (tertiary/aromatic N) is 4. The molecule has 0 saturated carbocycles. The van der Waals surface area contributed by atoms with Gasteiger partial charge in [-0.25, -0.2) is 4.98 Å². The Balaban J connectivity index is 2.03. The second-order valence-corrected chi connectivity index (χ2v) is 3.11. The molecule has 16 heavy (non-hydrogen) atoms. The summed E-state index contributed by atoms with van der Waals surface area (Å²) >= 11 is 0. The van der Waals surface area contributed by atoms with Crippen LogP contribution < -0.4 is 5.32 Å². The van der Waals surface area contributed by atoms with E-state index in [2.05, 4.69) is 26.6 Å². The number of hydrogen-bond donors (Lipinski definition) is 1. The predicted molar refractivity (Wildman–Crippen MR) is 58.3 cm³/mol. The lowest BCUT2D eigenvalue weighted by Gasteiger charge is -2.03. The third-order valence-electron chi connectivity index (χ3n) is 1.97. The fraction of sp³-hybridized carbons (Fsp3) is 0.0909. The van der Waals surface area contributed by atoms with Gasteiger partial charge in [-0.05, 0) is 24.3 Å². The molecule has 5 heteroatoms. The maximum absolute atomic E-state index is 8.72. The van der Waals surface area contributed by atoms with Crippen LogP contribution in [0.15, 0.2) is 36.7 Å². The van der Waals surface area contributed by atoms with Crippen LogP contribution in [0.2, 0.25) is 0 Å². The summed E-state index contributed by atoms with van der Waals surface area (Å²) in [7, 11) is 0. The molecule has 0 unspecified atom stereocenters. The lowest BCUT2D eigenvalue weighted by molar-refractivity contribution is 0.920. The minimum atomic E-state index is 0.537. The summed E-state index contributed by atoms with van der Waals surface area (Å²) in [5.41, 5.74) is 1.41. The number of rotatable bonds is 3. The van der Waals surface area contributed by atoms with Crippen LogP contribution in [0.25, 0.3) is 0 Å². The van der Waals surface area contributed by atoms with E-state index in [-0.39, 0.29) is 0 Å². The summed E-state index contributed by atoms with van der Waals surface area (Å²) in [6, 6.07) is 9.10. The molecule has 0 amide bonds. The van der Waals surface area contributed by atoms with Crippen molar-refractivity contribution in [3.8, 4) is 6.07 Å². The molecule has 1 N–H and O–H groups in total. The Morgan fingerprint density at radius 1 is 1.31 bits per heavy atom.